The molecule has 1 N–H and O–H groups in total. The van der Waals surface area contributed by atoms with Crippen LogP contribution in [0.1, 0.15) is 23.6 Å². The number of rotatable bonds is 10. The minimum Gasteiger partial charge on any atom is -0.490 e. The van der Waals surface area contributed by atoms with Gasteiger partial charge in [0.15, 0.2) is 11.5 Å². The summed E-state index contributed by atoms with van der Waals surface area (Å²) in [5, 5.41) is 14.7. The Morgan fingerprint density at radius 2 is 1.63 bits per heavy atom. The average molecular weight is 427 g/mol. The molecule has 156 valence electrons. The number of nitro groups is 1. The zero-order valence-electron chi connectivity index (χ0n) is 16.6. The molecule has 0 bridgehead atoms. The van der Waals surface area contributed by atoms with E-state index in [1.807, 2.05) is 31.2 Å². The molecule has 0 saturated heterocycles. The van der Waals surface area contributed by atoms with Gasteiger partial charge in [-0.05, 0) is 41.8 Å². The van der Waals surface area contributed by atoms with Crippen LogP contribution in [0.4, 0.5) is 5.69 Å². The Morgan fingerprint density at radius 1 is 0.933 bits per heavy atom. The smallest absolute Gasteiger partial charge is 0.269 e. The zero-order valence-corrected chi connectivity index (χ0v) is 17.4. The number of non-ortho nitro benzene ring substituents is 1. The number of nitrogens with zero attached hydrogens (tertiary/aromatic N) is 1. The standard InChI is InChI=1S/C23H23ClN2O4/c1-2-29-22-12-19(15-25-14-17-6-4-3-5-7-17)21(24)13-23(22)30-16-18-8-10-20(11-9-18)26(27)28/h3-13,25H,2,14-16H2,1H3. The Labute approximate surface area is 180 Å². The summed E-state index contributed by atoms with van der Waals surface area (Å²) in [6.07, 6.45) is 0. The third kappa shape index (κ3) is 5.95. The monoisotopic (exact) mass is 426 g/mol. The van der Waals surface area contributed by atoms with Crippen LogP contribution in [0.5, 0.6) is 11.5 Å². The Balaban J connectivity index is 1.66. The summed E-state index contributed by atoms with van der Waals surface area (Å²) in [6, 6.07) is 20.0. The van der Waals surface area contributed by atoms with Gasteiger partial charge < -0.3 is 14.8 Å². The van der Waals surface area contributed by atoms with Gasteiger partial charge in [0.1, 0.15) is 6.61 Å². The molecule has 0 aliphatic heterocycles. The molecule has 0 atom stereocenters. The molecule has 0 unspecified atom stereocenters. The van der Waals surface area contributed by atoms with E-state index in [1.165, 1.54) is 17.7 Å². The maximum absolute atomic E-state index is 10.8. The zero-order chi connectivity index (χ0) is 21.3. The van der Waals surface area contributed by atoms with Crippen molar-refractivity contribution in [2.45, 2.75) is 26.6 Å². The Morgan fingerprint density at radius 3 is 2.30 bits per heavy atom. The molecule has 0 aliphatic rings. The minimum atomic E-state index is -0.428. The summed E-state index contributed by atoms with van der Waals surface area (Å²) >= 11 is 6.47. The Bertz CT molecular complexity index is 978. The number of hydrogen-bond acceptors (Lipinski definition) is 5. The molecule has 7 heteroatoms. The van der Waals surface area contributed by atoms with Gasteiger partial charge in [-0.2, -0.15) is 0 Å². The van der Waals surface area contributed by atoms with Gasteiger partial charge in [-0.25, -0.2) is 0 Å². The first kappa shape index (κ1) is 21.6. The number of nitro benzene ring substituents is 1. The van der Waals surface area contributed by atoms with E-state index >= 15 is 0 Å². The van der Waals surface area contributed by atoms with Crippen molar-refractivity contribution in [1.29, 1.82) is 0 Å². The molecule has 0 aliphatic carbocycles. The van der Waals surface area contributed by atoms with Crippen LogP contribution in [0.2, 0.25) is 5.02 Å². The second kappa shape index (κ2) is 10.6. The topological polar surface area (TPSA) is 73.6 Å². The molecule has 3 rings (SSSR count). The fourth-order valence-corrected chi connectivity index (χ4v) is 3.13. The highest BCUT2D eigenvalue weighted by molar-refractivity contribution is 6.31. The highest BCUT2D eigenvalue weighted by atomic mass is 35.5. The van der Waals surface area contributed by atoms with Crippen molar-refractivity contribution in [3.05, 3.63) is 98.6 Å². The van der Waals surface area contributed by atoms with E-state index in [0.717, 1.165) is 17.7 Å². The lowest BCUT2D eigenvalue weighted by molar-refractivity contribution is -0.384. The molecular weight excluding hydrogens is 404 g/mol. The maximum Gasteiger partial charge on any atom is 0.269 e. The summed E-state index contributed by atoms with van der Waals surface area (Å²) in [5.74, 6) is 1.15. The van der Waals surface area contributed by atoms with E-state index < -0.39 is 4.92 Å². The third-order valence-electron chi connectivity index (χ3n) is 4.44. The molecule has 0 fully saturated rings. The number of nitrogens with one attached hydrogen (secondary N) is 1. The van der Waals surface area contributed by atoms with Crippen LogP contribution in [0.15, 0.2) is 66.7 Å². The predicted octanol–water partition coefficient (Wildman–Crippen LogP) is 5.52. The van der Waals surface area contributed by atoms with Crippen molar-refractivity contribution >= 4 is 17.3 Å². The maximum atomic E-state index is 10.8. The van der Waals surface area contributed by atoms with Crippen molar-refractivity contribution in [3.8, 4) is 11.5 Å². The number of hydrogen-bond donors (Lipinski definition) is 1. The highest BCUT2D eigenvalue weighted by Gasteiger charge is 2.12. The van der Waals surface area contributed by atoms with Gasteiger partial charge in [0.2, 0.25) is 0 Å². The summed E-state index contributed by atoms with van der Waals surface area (Å²) in [7, 11) is 0. The Hall–Kier alpha value is -3.09. The molecule has 0 spiro atoms. The van der Waals surface area contributed by atoms with Gasteiger partial charge in [-0.3, -0.25) is 10.1 Å². The lowest BCUT2D eigenvalue weighted by atomic mass is 10.1. The predicted molar refractivity (Wildman–Crippen MR) is 117 cm³/mol. The summed E-state index contributed by atoms with van der Waals surface area (Å²) in [6.45, 7) is 3.98. The van der Waals surface area contributed by atoms with Crippen molar-refractivity contribution < 1.29 is 14.4 Å². The van der Waals surface area contributed by atoms with Crippen LogP contribution in [-0.4, -0.2) is 11.5 Å². The molecule has 3 aromatic carbocycles. The summed E-state index contributed by atoms with van der Waals surface area (Å²) in [4.78, 5) is 10.3. The molecule has 6 nitrogen and oxygen atoms in total. The molecule has 0 radical (unpaired) electrons. The third-order valence-corrected chi connectivity index (χ3v) is 4.79. The second-order valence-corrected chi connectivity index (χ2v) is 7.03. The molecular formula is C23H23ClN2O4. The second-order valence-electron chi connectivity index (χ2n) is 6.62. The van der Waals surface area contributed by atoms with Gasteiger partial charge in [0, 0.05) is 36.3 Å². The van der Waals surface area contributed by atoms with Crippen LogP contribution in [0.25, 0.3) is 0 Å². The number of benzene rings is 3. The molecule has 0 amide bonds. The normalized spacial score (nSPS) is 10.6. The number of ether oxygens (including phenoxy) is 2. The van der Waals surface area contributed by atoms with E-state index in [2.05, 4.69) is 17.4 Å². The van der Waals surface area contributed by atoms with E-state index in [1.54, 1.807) is 18.2 Å². The molecule has 0 heterocycles. The average Bonchev–Trinajstić information content (AvgIpc) is 2.76. The summed E-state index contributed by atoms with van der Waals surface area (Å²) < 4.78 is 11.6. The van der Waals surface area contributed by atoms with E-state index in [-0.39, 0.29) is 12.3 Å². The van der Waals surface area contributed by atoms with Gasteiger partial charge in [-0.1, -0.05) is 41.9 Å². The quantitative estimate of drug-likeness (QED) is 0.341. The van der Waals surface area contributed by atoms with Crippen LogP contribution in [0, 0.1) is 10.1 Å². The van der Waals surface area contributed by atoms with Crippen molar-refractivity contribution in [3.63, 3.8) is 0 Å². The van der Waals surface area contributed by atoms with Crippen molar-refractivity contribution in [2.24, 2.45) is 0 Å². The number of halogens is 1. The molecule has 3 aromatic rings. The van der Waals surface area contributed by atoms with Gasteiger partial charge in [-0.15, -0.1) is 0 Å². The van der Waals surface area contributed by atoms with E-state index in [9.17, 15) is 10.1 Å². The van der Waals surface area contributed by atoms with E-state index in [4.69, 9.17) is 21.1 Å². The first-order chi connectivity index (χ1) is 14.6. The van der Waals surface area contributed by atoms with E-state index in [0.29, 0.717) is 29.7 Å². The minimum absolute atomic E-state index is 0.0455. The lowest BCUT2D eigenvalue weighted by Gasteiger charge is -2.15. The van der Waals surface area contributed by atoms with Crippen LogP contribution in [0.3, 0.4) is 0 Å². The molecule has 0 saturated carbocycles. The van der Waals surface area contributed by atoms with Crippen molar-refractivity contribution in [2.75, 3.05) is 6.61 Å². The fourth-order valence-electron chi connectivity index (χ4n) is 2.91. The van der Waals surface area contributed by atoms with Gasteiger partial charge in [0.25, 0.3) is 5.69 Å². The van der Waals surface area contributed by atoms with Gasteiger partial charge >= 0.3 is 0 Å². The SMILES string of the molecule is CCOc1cc(CNCc2ccccc2)c(Cl)cc1OCc1ccc([N+](=O)[O-])cc1. The van der Waals surface area contributed by atoms with Crippen LogP contribution >= 0.6 is 11.6 Å². The van der Waals surface area contributed by atoms with Crippen molar-refractivity contribution in [1.82, 2.24) is 5.32 Å². The molecule has 30 heavy (non-hydrogen) atoms. The first-order valence-corrected chi connectivity index (χ1v) is 10.0. The lowest BCUT2D eigenvalue weighted by Crippen LogP contribution is -2.13. The summed E-state index contributed by atoms with van der Waals surface area (Å²) in [5.41, 5.74) is 2.97. The largest absolute Gasteiger partial charge is 0.490 e. The van der Waals surface area contributed by atoms with Gasteiger partial charge in [0.05, 0.1) is 11.5 Å². The van der Waals surface area contributed by atoms with Crippen LogP contribution in [-0.2, 0) is 19.7 Å². The first-order valence-electron chi connectivity index (χ1n) is 9.62. The Kier molecular flexibility index (Phi) is 7.65. The fraction of sp³-hybridized carbons (Fsp3) is 0.217. The highest BCUT2D eigenvalue weighted by Crippen LogP contribution is 2.34. The molecule has 0 aromatic heterocycles. The van der Waals surface area contributed by atoms with Crippen LogP contribution < -0.4 is 14.8 Å².